The van der Waals surface area contributed by atoms with E-state index in [2.05, 4.69) is 30.2 Å². The predicted octanol–water partition coefficient (Wildman–Crippen LogP) is 3.91. The van der Waals surface area contributed by atoms with Crippen LogP contribution in [0.1, 0.15) is 45.6 Å². The van der Waals surface area contributed by atoms with Crippen LogP contribution in [0.2, 0.25) is 0 Å². The smallest absolute Gasteiger partial charge is 0.307 e. The maximum atomic E-state index is 11.3. The second-order valence-electron chi connectivity index (χ2n) is 6.63. The first kappa shape index (κ1) is 20.3. The van der Waals surface area contributed by atoms with Crippen LogP contribution < -0.4 is 9.47 Å². The van der Waals surface area contributed by atoms with Crippen LogP contribution in [0.5, 0.6) is 11.5 Å². The quantitative estimate of drug-likeness (QED) is 0.761. The molecule has 0 aromatic heterocycles. The van der Waals surface area contributed by atoms with Crippen LogP contribution in [0.25, 0.3) is 0 Å². The molecule has 0 saturated carbocycles. The Morgan fingerprint density at radius 1 is 1.15 bits per heavy atom. The third-order valence-corrected chi connectivity index (χ3v) is 5.35. The minimum Gasteiger partial charge on any atom is -0.493 e. The Bertz CT molecular complexity index is 670. The van der Waals surface area contributed by atoms with Gasteiger partial charge in [0.05, 0.1) is 14.2 Å². The fourth-order valence-electron chi connectivity index (χ4n) is 4.13. The maximum Gasteiger partial charge on any atom is 0.307 e. The van der Waals surface area contributed by atoms with Crippen LogP contribution in [0, 0.1) is 0 Å². The van der Waals surface area contributed by atoms with Gasteiger partial charge in [0.1, 0.15) is 5.76 Å². The van der Waals surface area contributed by atoms with Gasteiger partial charge in [-0.25, -0.2) is 0 Å². The van der Waals surface area contributed by atoms with Crippen LogP contribution >= 0.6 is 0 Å². The van der Waals surface area contributed by atoms with E-state index < -0.39 is 0 Å². The highest BCUT2D eigenvalue weighted by atomic mass is 16.5. The normalized spacial score (nSPS) is 24.7. The summed E-state index contributed by atoms with van der Waals surface area (Å²) in [5.41, 5.74) is 1.28. The number of benzene rings is 1. The summed E-state index contributed by atoms with van der Waals surface area (Å²) in [6.07, 6.45) is 4.93. The summed E-state index contributed by atoms with van der Waals surface area (Å²) in [5, 5.41) is 0. The Morgan fingerprint density at radius 3 is 2.46 bits per heavy atom. The molecule has 1 aromatic rings. The number of likely N-dealkylation sites (N-methyl/N-ethyl adjacent to an activating group) is 1. The Kier molecular flexibility index (Phi) is 6.70. The number of likely N-dealkylation sites (tertiary alicyclic amines) is 1. The van der Waals surface area contributed by atoms with E-state index in [0.29, 0.717) is 0 Å². The van der Waals surface area contributed by atoms with Crippen molar-refractivity contribution < 1.29 is 19.0 Å². The van der Waals surface area contributed by atoms with Crippen molar-refractivity contribution in [3.8, 4) is 11.5 Å². The summed E-state index contributed by atoms with van der Waals surface area (Å²) in [6, 6.07) is 6.43. The molecule has 0 radical (unpaired) electrons. The third-order valence-electron chi connectivity index (χ3n) is 5.35. The predicted molar refractivity (Wildman–Crippen MR) is 103 cm³/mol. The van der Waals surface area contributed by atoms with E-state index in [-0.39, 0.29) is 17.4 Å². The highest BCUT2D eigenvalue weighted by Crippen LogP contribution is 2.49. The molecular weight excluding hydrogens is 330 g/mol. The molecule has 144 valence electrons. The zero-order valence-electron chi connectivity index (χ0n) is 16.8. The Morgan fingerprint density at radius 2 is 1.85 bits per heavy atom. The number of allylic oxidation sites excluding steroid dienone is 1. The van der Waals surface area contributed by atoms with E-state index in [9.17, 15) is 4.79 Å². The lowest BCUT2D eigenvalue weighted by Gasteiger charge is -2.40. The van der Waals surface area contributed by atoms with Crippen LogP contribution in [0.15, 0.2) is 30.0 Å². The topological polar surface area (TPSA) is 48.0 Å². The van der Waals surface area contributed by atoms with Crippen LogP contribution in [-0.4, -0.2) is 44.7 Å². The number of methoxy groups -OCH3 is 2. The molecular formula is C21H31NO4. The second-order valence-corrected chi connectivity index (χ2v) is 6.63. The monoisotopic (exact) mass is 361 g/mol. The van der Waals surface area contributed by atoms with E-state index in [1.807, 2.05) is 19.9 Å². The Hall–Kier alpha value is -2.01. The molecule has 2 atom stereocenters. The van der Waals surface area contributed by atoms with Gasteiger partial charge in [-0.05, 0) is 50.2 Å². The molecule has 5 heteroatoms. The van der Waals surface area contributed by atoms with Gasteiger partial charge >= 0.3 is 5.97 Å². The zero-order chi connectivity index (χ0) is 19.3. The van der Waals surface area contributed by atoms with Crippen molar-refractivity contribution in [1.29, 1.82) is 0 Å². The van der Waals surface area contributed by atoms with Gasteiger partial charge in [-0.3, -0.25) is 9.69 Å². The molecule has 1 aromatic carbocycles. The molecule has 0 amide bonds. The van der Waals surface area contributed by atoms with E-state index >= 15 is 0 Å². The van der Waals surface area contributed by atoms with Crippen molar-refractivity contribution in [2.24, 2.45) is 0 Å². The molecule has 5 nitrogen and oxygen atoms in total. The number of ether oxygens (including phenoxy) is 3. The lowest BCUT2D eigenvalue weighted by Crippen LogP contribution is -2.42. The average molecular weight is 361 g/mol. The first-order chi connectivity index (χ1) is 12.5. The standard InChI is InChI=1S/C19H25NO4.C2H6/c1-13(21)24-15-7-8-19(9-10-20(2)18(19)12-15)14-5-6-16(22-3)17(11-14)23-4;1-2/h5-6,11-12,18H,7-10H2,1-4H3;1-2H3. The first-order valence-electron chi connectivity index (χ1n) is 9.32. The minimum absolute atomic E-state index is 0.0257. The van der Waals surface area contributed by atoms with E-state index in [0.717, 1.165) is 43.1 Å². The van der Waals surface area contributed by atoms with Gasteiger partial charge in [0.15, 0.2) is 11.5 Å². The summed E-state index contributed by atoms with van der Waals surface area (Å²) < 4.78 is 16.2. The zero-order valence-corrected chi connectivity index (χ0v) is 16.8. The van der Waals surface area contributed by atoms with E-state index in [1.165, 1.54) is 12.5 Å². The fourth-order valence-corrected chi connectivity index (χ4v) is 4.13. The van der Waals surface area contributed by atoms with Crippen molar-refractivity contribution in [1.82, 2.24) is 4.90 Å². The Balaban J connectivity index is 0.00000117. The molecule has 1 saturated heterocycles. The van der Waals surface area contributed by atoms with Crippen molar-refractivity contribution in [3.63, 3.8) is 0 Å². The Labute approximate surface area is 156 Å². The summed E-state index contributed by atoms with van der Waals surface area (Å²) in [6.45, 7) is 6.47. The number of carbonyl (C=O) groups excluding carboxylic acids is 1. The summed E-state index contributed by atoms with van der Waals surface area (Å²) in [7, 11) is 5.44. The third kappa shape index (κ3) is 3.73. The first-order valence-corrected chi connectivity index (χ1v) is 9.32. The van der Waals surface area contributed by atoms with Crippen molar-refractivity contribution >= 4 is 5.97 Å². The molecule has 1 heterocycles. The number of rotatable bonds is 4. The van der Waals surface area contributed by atoms with Gasteiger partial charge in [-0.1, -0.05) is 19.9 Å². The number of carbonyl (C=O) groups is 1. The molecule has 1 aliphatic carbocycles. The fraction of sp³-hybridized carbons (Fsp3) is 0.571. The summed E-state index contributed by atoms with van der Waals surface area (Å²) in [4.78, 5) is 13.6. The van der Waals surface area contributed by atoms with E-state index in [1.54, 1.807) is 14.2 Å². The summed E-state index contributed by atoms with van der Waals surface area (Å²) in [5.74, 6) is 2.04. The van der Waals surface area contributed by atoms with Gasteiger partial charge < -0.3 is 14.2 Å². The molecule has 2 aliphatic rings. The van der Waals surface area contributed by atoms with Gasteiger partial charge in [-0.15, -0.1) is 0 Å². The molecule has 1 aliphatic heterocycles. The molecule has 0 bridgehead atoms. The molecule has 0 spiro atoms. The number of hydrogen-bond acceptors (Lipinski definition) is 5. The van der Waals surface area contributed by atoms with Crippen LogP contribution in [0.4, 0.5) is 0 Å². The second kappa shape index (κ2) is 8.58. The summed E-state index contributed by atoms with van der Waals surface area (Å²) >= 11 is 0. The largest absolute Gasteiger partial charge is 0.493 e. The van der Waals surface area contributed by atoms with E-state index in [4.69, 9.17) is 14.2 Å². The van der Waals surface area contributed by atoms with Crippen LogP contribution in [-0.2, 0) is 14.9 Å². The number of fused-ring (bicyclic) bond motifs is 1. The number of nitrogens with zero attached hydrogens (tertiary/aromatic N) is 1. The number of hydrogen-bond donors (Lipinski definition) is 0. The van der Waals surface area contributed by atoms with Crippen molar-refractivity contribution in [2.75, 3.05) is 27.8 Å². The molecule has 3 rings (SSSR count). The number of esters is 1. The van der Waals surface area contributed by atoms with Gasteiger partial charge in [0, 0.05) is 24.8 Å². The lowest BCUT2D eigenvalue weighted by atomic mass is 9.68. The van der Waals surface area contributed by atoms with Gasteiger partial charge in [-0.2, -0.15) is 0 Å². The highest BCUT2D eigenvalue weighted by Gasteiger charge is 2.48. The molecule has 0 N–H and O–H groups in total. The minimum atomic E-state index is -0.250. The maximum absolute atomic E-state index is 11.3. The highest BCUT2D eigenvalue weighted by molar-refractivity contribution is 5.67. The van der Waals surface area contributed by atoms with Crippen LogP contribution in [0.3, 0.4) is 0 Å². The van der Waals surface area contributed by atoms with Gasteiger partial charge in [0.2, 0.25) is 0 Å². The molecule has 2 unspecified atom stereocenters. The van der Waals surface area contributed by atoms with Gasteiger partial charge in [0.25, 0.3) is 0 Å². The average Bonchev–Trinajstić information content (AvgIpc) is 3.00. The van der Waals surface area contributed by atoms with Crippen molar-refractivity contribution in [3.05, 3.63) is 35.6 Å². The SMILES string of the molecule is CC.COc1ccc(C23CCC(OC(C)=O)=CC2N(C)CC3)cc1OC. The van der Waals surface area contributed by atoms with Crippen molar-refractivity contribution in [2.45, 2.75) is 51.5 Å². The molecule has 26 heavy (non-hydrogen) atoms. The molecule has 1 fully saturated rings. The lowest BCUT2D eigenvalue weighted by molar-refractivity contribution is -0.137.